The van der Waals surface area contributed by atoms with E-state index in [1.807, 2.05) is 48.5 Å². The lowest BCUT2D eigenvalue weighted by molar-refractivity contribution is 0.101. The van der Waals surface area contributed by atoms with E-state index >= 15 is 0 Å². The Morgan fingerprint density at radius 2 is 1.85 bits per heavy atom. The molecule has 3 heterocycles. The maximum absolute atomic E-state index is 12.1. The van der Waals surface area contributed by atoms with Crippen molar-refractivity contribution in [2.75, 3.05) is 25.7 Å². The fourth-order valence-corrected chi connectivity index (χ4v) is 5.25. The van der Waals surface area contributed by atoms with E-state index < -0.39 is 0 Å². The summed E-state index contributed by atoms with van der Waals surface area (Å²) in [5.74, 6) is 2.75. The number of ketones is 1. The summed E-state index contributed by atoms with van der Waals surface area (Å²) in [4.78, 5) is 23.7. The first-order valence-corrected chi connectivity index (χ1v) is 13.1. The molecule has 7 heteroatoms. The van der Waals surface area contributed by atoms with E-state index in [1.165, 1.54) is 5.56 Å². The molecule has 0 amide bonds. The second kappa shape index (κ2) is 10.3. The Balaban J connectivity index is 1.34. The summed E-state index contributed by atoms with van der Waals surface area (Å²) in [6.07, 6.45) is 2.58. The summed E-state index contributed by atoms with van der Waals surface area (Å²) < 4.78 is 13.7. The number of hydrogen-bond acceptors (Lipinski definition) is 6. The molecule has 0 spiro atoms. The number of carbonyl (C=O) groups is 1. The second-order valence-electron chi connectivity index (χ2n) is 9.83. The number of carbonyl (C=O) groups excluding carboxylic acids is 1. The Morgan fingerprint density at radius 1 is 1.05 bits per heavy atom. The molecule has 1 aliphatic rings. The van der Waals surface area contributed by atoms with Gasteiger partial charge >= 0.3 is 0 Å². The van der Waals surface area contributed by atoms with Crippen LogP contribution in [-0.4, -0.2) is 41.1 Å². The highest BCUT2D eigenvalue weighted by Crippen LogP contribution is 2.40. The SMILES string of the molecule is COc1ccc(N(C)c2ccc3c(c2)OCCC3Cn2c(-c3cc(C(C)=O)ccn3)nc3ccccc32)cc1. The van der Waals surface area contributed by atoms with E-state index in [1.54, 1.807) is 26.3 Å². The summed E-state index contributed by atoms with van der Waals surface area (Å²) >= 11 is 0. The predicted octanol–water partition coefficient (Wildman–Crippen LogP) is 6.64. The van der Waals surface area contributed by atoms with Crippen molar-refractivity contribution in [2.24, 2.45) is 0 Å². The van der Waals surface area contributed by atoms with Crippen LogP contribution in [0.4, 0.5) is 11.4 Å². The number of rotatable bonds is 7. The molecule has 0 N–H and O–H groups in total. The van der Waals surface area contributed by atoms with Crippen molar-refractivity contribution in [1.82, 2.24) is 14.5 Å². The Labute approximate surface area is 227 Å². The van der Waals surface area contributed by atoms with Crippen LogP contribution in [-0.2, 0) is 6.54 Å². The highest BCUT2D eigenvalue weighted by Gasteiger charge is 2.25. The fraction of sp³-hybridized carbons (Fsp3) is 0.219. The molecule has 7 nitrogen and oxygen atoms in total. The van der Waals surface area contributed by atoms with E-state index in [2.05, 4.69) is 45.8 Å². The zero-order valence-corrected chi connectivity index (χ0v) is 22.3. The molecule has 1 unspecified atom stereocenters. The largest absolute Gasteiger partial charge is 0.497 e. The lowest BCUT2D eigenvalue weighted by Crippen LogP contribution is -2.20. The van der Waals surface area contributed by atoms with Crippen molar-refractivity contribution in [3.8, 4) is 23.0 Å². The maximum atomic E-state index is 12.1. The molecule has 2 aromatic heterocycles. The van der Waals surface area contributed by atoms with Gasteiger partial charge in [0.2, 0.25) is 0 Å². The molecular formula is C32H30N4O3. The molecule has 0 bridgehead atoms. The van der Waals surface area contributed by atoms with Gasteiger partial charge in [-0.3, -0.25) is 9.78 Å². The first-order valence-electron chi connectivity index (χ1n) is 13.1. The van der Waals surface area contributed by atoms with Crippen molar-refractivity contribution < 1.29 is 14.3 Å². The van der Waals surface area contributed by atoms with Crippen LogP contribution in [0.2, 0.25) is 0 Å². The topological polar surface area (TPSA) is 69.5 Å². The minimum atomic E-state index is 0.00933. The molecule has 0 saturated carbocycles. The van der Waals surface area contributed by atoms with Crippen molar-refractivity contribution in [2.45, 2.75) is 25.8 Å². The second-order valence-corrected chi connectivity index (χ2v) is 9.83. The van der Waals surface area contributed by atoms with Gasteiger partial charge in [0.15, 0.2) is 11.6 Å². The standard InChI is InChI=1S/C32H30N4O3/c1-21(37)22-14-16-33-29(18-22)32-34-28-6-4-5-7-30(28)36(32)20-23-15-17-39-31-19-25(10-13-27(23)31)35(2)24-8-11-26(38-3)12-9-24/h4-14,16,18-19,23H,15,17,20H2,1-3H3. The van der Waals surface area contributed by atoms with Gasteiger partial charge in [-0.2, -0.15) is 0 Å². The van der Waals surface area contributed by atoms with Gasteiger partial charge in [0.1, 0.15) is 17.2 Å². The summed E-state index contributed by atoms with van der Waals surface area (Å²) in [6.45, 7) is 2.95. The monoisotopic (exact) mass is 518 g/mol. The van der Waals surface area contributed by atoms with Crippen molar-refractivity contribution >= 4 is 28.2 Å². The maximum Gasteiger partial charge on any atom is 0.159 e. The molecule has 0 saturated heterocycles. The molecule has 6 rings (SSSR count). The molecular weight excluding hydrogens is 488 g/mol. The van der Waals surface area contributed by atoms with Gasteiger partial charge < -0.3 is 18.9 Å². The number of nitrogens with zero attached hydrogens (tertiary/aromatic N) is 4. The van der Waals surface area contributed by atoms with Gasteiger partial charge in [-0.15, -0.1) is 0 Å². The third-order valence-electron chi connectivity index (χ3n) is 7.46. The highest BCUT2D eigenvalue weighted by atomic mass is 16.5. The number of para-hydroxylation sites is 2. The number of hydrogen-bond donors (Lipinski definition) is 0. The average Bonchev–Trinajstić information content (AvgIpc) is 3.35. The molecule has 0 aliphatic carbocycles. The number of imidazole rings is 1. The first-order chi connectivity index (χ1) is 19.0. The molecule has 3 aromatic carbocycles. The number of fused-ring (bicyclic) bond motifs is 2. The number of ether oxygens (including phenoxy) is 2. The van der Waals surface area contributed by atoms with Gasteiger partial charge in [-0.1, -0.05) is 18.2 Å². The lowest BCUT2D eigenvalue weighted by Gasteiger charge is -2.29. The number of methoxy groups -OCH3 is 1. The predicted molar refractivity (Wildman–Crippen MR) is 153 cm³/mol. The molecule has 0 radical (unpaired) electrons. The van der Waals surface area contributed by atoms with E-state index in [9.17, 15) is 4.79 Å². The number of anilines is 2. The molecule has 1 atom stereocenters. The number of Topliss-reactive ketones (excluding diaryl/α,β-unsaturated/α-hetero) is 1. The number of benzene rings is 3. The molecule has 39 heavy (non-hydrogen) atoms. The summed E-state index contributed by atoms with van der Waals surface area (Å²) in [5.41, 5.74) is 6.59. The Morgan fingerprint density at radius 3 is 2.64 bits per heavy atom. The minimum absolute atomic E-state index is 0.00933. The quantitative estimate of drug-likeness (QED) is 0.225. The molecule has 1 aliphatic heterocycles. The van der Waals surface area contributed by atoms with Gasteiger partial charge in [0.25, 0.3) is 0 Å². The zero-order chi connectivity index (χ0) is 26.9. The highest BCUT2D eigenvalue weighted by molar-refractivity contribution is 5.95. The minimum Gasteiger partial charge on any atom is -0.497 e. The van der Waals surface area contributed by atoms with Crippen LogP contribution in [0.5, 0.6) is 11.5 Å². The number of pyridine rings is 1. The van der Waals surface area contributed by atoms with Crippen molar-refractivity contribution in [3.63, 3.8) is 0 Å². The first kappa shape index (κ1) is 24.7. The normalized spacial score (nSPS) is 14.5. The van der Waals surface area contributed by atoms with Crippen LogP contribution in [0.15, 0.2) is 85.1 Å². The van der Waals surface area contributed by atoms with Crippen molar-refractivity contribution in [3.05, 3.63) is 96.2 Å². The van der Waals surface area contributed by atoms with Gasteiger partial charge in [-0.25, -0.2) is 4.98 Å². The van der Waals surface area contributed by atoms with Gasteiger partial charge in [0, 0.05) is 48.7 Å². The smallest absolute Gasteiger partial charge is 0.159 e. The van der Waals surface area contributed by atoms with Crippen LogP contribution >= 0.6 is 0 Å². The lowest BCUT2D eigenvalue weighted by atomic mass is 9.92. The summed E-state index contributed by atoms with van der Waals surface area (Å²) in [5, 5.41) is 0. The Bertz CT molecular complexity index is 1660. The van der Waals surface area contributed by atoms with E-state index in [0.29, 0.717) is 17.9 Å². The van der Waals surface area contributed by atoms with E-state index in [4.69, 9.17) is 14.5 Å². The zero-order valence-electron chi connectivity index (χ0n) is 22.3. The third-order valence-corrected chi connectivity index (χ3v) is 7.46. The Hall–Kier alpha value is -4.65. The van der Waals surface area contributed by atoms with Crippen LogP contribution in [0, 0.1) is 0 Å². The molecule has 5 aromatic rings. The fourth-order valence-electron chi connectivity index (χ4n) is 5.25. The van der Waals surface area contributed by atoms with Crippen molar-refractivity contribution in [1.29, 1.82) is 0 Å². The molecule has 0 fully saturated rings. The average molecular weight is 519 g/mol. The summed E-state index contributed by atoms with van der Waals surface area (Å²) in [7, 11) is 3.72. The van der Waals surface area contributed by atoms with E-state index in [-0.39, 0.29) is 11.7 Å². The molecule has 196 valence electrons. The van der Waals surface area contributed by atoms with Gasteiger partial charge in [0.05, 0.1) is 24.8 Å². The summed E-state index contributed by atoms with van der Waals surface area (Å²) in [6, 6.07) is 26.2. The van der Waals surface area contributed by atoms with Crippen LogP contribution in [0.3, 0.4) is 0 Å². The van der Waals surface area contributed by atoms with Crippen LogP contribution in [0.25, 0.3) is 22.6 Å². The Kier molecular flexibility index (Phi) is 6.49. The van der Waals surface area contributed by atoms with E-state index in [0.717, 1.165) is 52.7 Å². The van der Waals surface area contributed by atoms with Gasteiger partial charge in [-0.05, 0) is 73.5 Å². The van der Waals surface area contributed by atoms with Crippen LogP contribution < -0.4 is 14.4 Å². The number of aromatic nitrogens is 3. The third kappa shape index (κ3) is 4.72. The van der Waals surface area contributed by atoms with Crippen LogP contribution in [0.1, 0.15) is 35.2 Å².